The number of amides is 1. The summed E-state index contributed by atoms with van der Waals surface area (Å²) >= 11 is 0. The number of carbonyl (C=O) groups excluding carboxylic acids is 1. The first-order valence-corrected chi connectivity index (χ1v) is 12.6. The van der Waals surface area contributed by atoms with Crippen molar-refractivity contribution in [1.29, 1.82) is 0 Å². The van der Waals surface area contributed by atoms with E-state index in [1.165, 1.54) is 50.5 Å². The van der Waals surface area contributed by atoms with Gasteiger partial charge in [0.25, 0.3) is 0 Å². The lowest BCUT2D eigenvalue weighted by atomic mass is 9.43. The SMILES string of the molecule is CC(NC(=O)[C@]1(C)CCC[C@@]2(C)C1CCC1CC(C(C)C)CC[C@@H]12)c1ccccc1. The van der Waals surface area contributed by atoms with Crippen molar-refractivity contribution in [3.05, 3.63) is 35.9 Å². The first-order valence-electron chi connectivity index (χ1n) is 12.6. The summed E-state index contributed by atoms with van der Waals surface area (Å²) in [7, 11) is 0. The van der Waals surface area contributed by atoms with Crippen LogP contribution >= 0.6 is 0 Å². The van der Waals surface area contributed by atoms with Crippen LogP contribution in [0.3, 0.4) is 0 Å². The summed E-state index contributed by atoms with van der Waals surface area (Å²) < 4.78 is 0. The Labute approximate surface area is 184 Å². The second-order valence-electron chi connectivity index (χ2n) is 11.7. The van der Waals surface area contributed by atoms with Crippen molar-refractivity contribution in [3.63, 3.8) is 0 Å². The van der Waals surface area contributed by atoms with Gasteiger partial charge in [-0.3, -0.25) is 4.79 Å². The molecule has 0 bridgehead atoms. The van der Waals surface area contributed by atoms with Gasteiger partial charge in [0.15, 0.2) is 0 Å². The predicted molar refractivity (Wildman–Crippen MR) is 125 cm³/mol. The van der Waals surface area contributed by atoms with Crippen LogP contribution in [0.4, 0.5) is 0 Å². The van der Waals surface area contributed by atoms with Gasteiger partial charge in [-0.1, -0.05) is 64.4 Å². The van der Waals surface area contributed by atoms with Crippen LogP contribution < -0.4 is 5.32 Å². The fourth-order valence-electron chi connectivity index (χ4n) is 7.94. The Bertz CT molecular complexity index is 742. The van der Waals surface area contributed by atoms with Gasteiger partial charge >= 0.3 is 0 Å². The molecule has 7 atom stereocenters. The molecule has 0 heterocycles. The Hall–Kier alpha value is -1.31. The van der Waals surface area contributed by atoms with E-state index in [4.69, 9.17) is 0 Å². The van der Waals surface area contributed by atoms with Crippen LogP contribution in [0.5, 0.6) is 0 Å². The fourth-order valence-corrected chi connectivity index (χ4v) is 7.94. The summed E-state index contributed by atoms with van der Waals surface area (Å²) in [5.41, 5.74) is 1.31. The Morgan fingerprint density at radius 2 is 1.73 bits per heavy atom. The van der Waals surface area contributed by atoms with Gasteiger partial charge in [0.1, 0.15) is 0 Å². The van der Waals surface area contributed by atoms with Crippen molar-refractivity contribution in [3.8, 4) is 0 Å². The van der Waals surface area contributed by atoms with E-state index < -0.39 is 0 Å². The highest BCUT2D eigenvalue weighted by atomic mass is 16.2. The van der Waals surface area contributed by atoms with Crippen LogP contribution in [0.2, 0.25) is 0 Å². The van der Waals surface area contributed by atoms with Gasteiger partial charge < -0.3 is 5.32 Å². The van der Waals surface area contributed by atoms with Crippen LogP contribution in [-0.4, -0.2) is 5.91 Å². The molecule has 1 aromatic rings. The maximum absolute atomic E-state index is 13.7. The highest BCUT2D eigenvalue weighted by Gasteiger charge is 2.59. The minimum absolute atomic E-state index is 0.0709. The van der Waals surface area contributed by atoms with E-state index in [2.05, 4.69) is 64.2 Å². The molecular weight excluding hydrogens is 366 g/mol. The molecule has 1 aromatic carbocycles. The van der Waals surface area contributed by atoms with E-state index in [-0.39, 0.29) is 11.5 Å². The normalized spacial score (nSPS) is 39.7. The smallest absolute Gasteiger partial charge is 0.226 e. The monoisotopic (exact) mass is 409 g/mol. The quantitative estimate of drug-likeness (QED) is 0.561. The lowest BCUT2D eigenvalue weighted by Crippen LogP contribution is -2.58. The standard InChI is InChI=1S/C28H43NO/c1-19(2)22-12-14-24-23(18-22)13-15-25-27(24,4)16-9-17-28(25,5)26(30)29-20(3)21-10-7-6-8-11-21/h6-8,10-11,19-20,22-25H,9,12-18H2,1-5H3,(H,29,30)/t20?,22?,23?,24-,25?,27+,28+/m0/s1. The number of rotatable bonds is 4. The van der Waals surface area contributed by atoms with Crippen LogP contribution in [0.15, 0.2) is 30.3 Å². The zero-order chi connectivity index (χ0) is 21.5. The van der Waals surface area contributed by atoms with E-state index >= 15 is 0 Å². The van der Waals surface area contributed by atoms with Crippen molar-refractivity contribution < 1.29 is 4.79 Å². The molecule has 3 aliphatic carbocycles. The Kier molecular flexibility index (Phi) is 6.08. The number of nitrogens with one attached hydrogen (secondary N) is 1. The first-order chi connectivity index (χ1) is 14.3. The second-order valence-corrected chi connectivity index (χ2v) is 11.7. The minimum atomic E-state index is -0.226. The predicted octanol–water partition coefficient (Wildman–Crippen LogP) is 7.16. The summed E-state index contributed by atoms with van der Waals surface area (Å²) in [6, 6.07) is 10.5. The summed E-state index contributed by atoms with van der Waals surface area (Å²) in [5, 5.41) is 3.41. The number of carbonyl (C=O) groups is 1. The third-order valence-electron chi connectivity index (χ3n) is 9.78. The average molecular weight is 410 g/mol. The number of hydrogen-bond acceptors (Lipinski definition) is 1. The minimum Gasteiger partial charge on any atom is -0.349 e. The molecule has 1 N–H and O–H groups in total. The number of hydrogen-bond donors (Lipinski definition) is 1. The van der Waals surface area contributed by atoms with Gasteiger partial charge in [-0.15, -0.1) is 0 Å². The molecule has 3 fully saturated rings. The molecule has 2 heteroatoms. The molecule has 0 spiro atoms. The molecule has 4 rings (SSSR count). The van der Waals surface area contributed by atoms with E-state index in [1.807, 2.05) is 6.07 Å². The zero-order valence-corrected chi connectivity index (χ0v) is 19.9. The summed E-state index contributed by atoms with van der Waals surface area (Å²) in [6.45, 7) is 11.8. The molecule has 3 saturated carbocycles. The molecule has 0 saturated heterocycles. The van der Waals surface area contributed by atoms with Crippen LogP contribution in [0.1, 0.15) is 97.6 Å². The van der Waals surface area contributed by atoms with E-state index in [1.54, 1.807) is 0 Å². The van der Waals surface area contributed by atoms with Crippen molar-refractivity contribution in [1.82, 2.24) is 5.32 Å². The molecule has 166 valence electrons. The third kappa shape index (κ3) is 3.73. The number of benzene rings is 1. The fraction of sp³-hybridized carbons (Fsp3) is 0.750. The molecule has 0 aliphatic heterocycles. The maximum atomic E-state index is 13.7. The van der Waals surface area contributed by atoms with E-state index in [0.717, 1.165) is 30.1 Å². The molecule has 0 aromatic heterocycles. The van der Waals surface area contributed by atoms with Gasteiger partial charge in [0, 0.05) is 5.41 Å². The Balaban J connectivity index is 1.52. The molecule has 30 heavy (non-hydrogen) atoms. The highest BCUT2D eigenvalue weighted by Crippen LogP contribution is 2.64. The summed E-state index contributed by atoms with van der Waals surface area (Å²) in [4.78, 5) is 13.7. The van der Waals surface area contributed by atoms with Crippen molar-refractivity contribution >= 4 is 5.91 Å². The topological polar surface area (TPSA) is 29.1 Å². The largest absolute Gasteiger partial charge is 0.349 e. The maximum Gasteiger partial charge on any atom is 0.226 e. The first kappa shape index (κ1) is 21.9. The third-order valence-corrected chi connectivity index (χ3v) is 9.78. The lowest BCUT2D eigenvalue weighted by Gasteiger charge is -2.61. The number of fused-ring (bicyclic) bond motifs is 3. The average Bonchev–Trinajstić information content (AvgIpc) is 2.73. The lowest BCUT2D eigenvalue weighted by molar-refractivity contribution is -0.157. The van der Waals surface area contributed by atoms with Crippen LogP contribution in [-0.2, 0) is 4.79 Å². The molecule has 3 aliphatic rings. The molecule has 4 unspecified atom stereocenters. The summed E-state index contributed by atoms with van der Waals surface area (Å²) in [5.74, 6) is 4.27. The van der Waals surface area contributed by atoms with Gasteiger partial charge in [-0.05, 0) is 92.4 Å². The van der Waals surface area contributed by atoms with Crippen molar-refractivity contribution in [2.75, 3.05) is 0 Å². The Morgan fingerprint density at radius 1 is 1.00 bits per heavy atom. The van der Waals surface area contributed by atoms with Crippen molar-refractivity contribution in [2.45, 2.75) is 92.0 Å². The van der Waals surface area contributed by atoms with Gasteiger partial charge in [-0.25, -0.2) is 0 Å². The zero-order valence-electron chi connectivity index (χ0n) is 19.9. The molecule has 1 amide bonds. The van der Waals surface area contributed by atoms with Gasteiger partial charge in [-0.2, -0.15) is 0 Å². The summed E-state index contributed by atoms with van der Waals surface area (Å²) in [6.07, 6.45) is 10.4. The molecule has 0 radical (unpaired) electrons. The van der Waals surface area contributed by atoms with E-state index in [9.17, 15) is 4.79 Å². The van der Waals surface area contributed by atoms with E-state index in [0.29, 0.717) is 17.2 Å². The van der Waals surface area contributed by atoms with Gasteiger partial charge in [0.2, 0.25) is 5.91 Å². The van der Waals surface area contributed by atoms with Crippen LogP contribution in [0.25, 0.3) is 0 Å². The highest BCUT2D eigenvalue weighted by molar-refractivity contribution is 5.83. The van der Waals surface area contributed by atoms with Crippen molar-refractivity contribution in [2.24, 2.45) is 40.4 Å². The second kappa shape index (κ2) is 8.32. The van der Waals surface area contributed by atoms with Gasteiger partial charge in [0.05, 0.1) is 6.04 Å². The van der Waals surface area contributed by atoms with Crippen LogP contribution in [0, 0.1) is 40.4 Å². The molecule has 2 nitrogen and oxygen atoms in total. The Morgan fingerprint density at radius 3 is 2.43 bits per heavy atom. The molecular formula is C28H43NO.